The zero-order valence-electron chi connectivity index (χ0n) is 9.58. The van der Waals surface area contributed by atoms with E-state index in [4.69, 9.17) is 15.2 Å². The summed E-state index contributed by atoms with van der Waals surface area (Å²) in [5.41, 5.74) is 5.83. The molecule has 2 N–H and O–H groups in total. The van der Waals surface area contributed by atoms with E-state index in [1.807, 2.05) is 0 Å². The Balaban J connectivity index is 2.16. The second-order valence-electron chi connectivity index (χ2n) is 5.56. The molecule has 86 valence electrons. The van der Waals surface area contributed by atoms with Crippen LogP contribution >= 0.6 is 0 Å². The molecule has 1 aliphatic heterocycles. The summed E-state index contributed by atoms with van der Waals surface area (Å²) in [4.78, 5) is 11.7. The van der Waals surface area contributed by atoms with Crippen LogP contribution in [-0.4, -0.2) is 31.3 Å². The Hall–Kier alpha value is -0.610. The number of nitrogens with two attached hydrogens (primary N) is 1. The average molecular weight is 213 g/mol. The fourth-order valence-electron chi connectivity index (χ4n) is 3.25. The molecule has 2 atom stereocenters. The highest BCUT2D eigenvalue weighted by Crippen LogP contribution is 2.56. The first-order valence-corrected chi connectivity index (χ1v) is 5.38. The van der Waals surface area contributed by atoms with Crippen molar-refractivity contribution < 1.29 is 14.3 Å². The minimum Gasteiger partial charge on any atom is -0.469 e. The zero-order valence-corrected chi connectivity index (χ0v) is 9.58. The maximum atomic E-state index is 11.7. The van der Waals surface area contributed by atoms with Crippen LogP contribution in [0.15, 0.2) is 0 Å². The molecule has 1 saturated carbocycles. The summed E-state index contributed by atoms with van der Waals surface area (Å²) < 4.78 is 10.5. The first-order chi connectivity index (χ1) is 6.90. The summed E-state index contributed by atoms with van der Waals surface area (Å²) in [5, 5.41) is 0. The monoisotopic (exact) mass is 213 g/mol. The molecular formula is C11H19NO3. The Morgan fingerprint density at radius 2 is 2.07 bits per heavy atom. The number of hydrogen-bond donors (Lipinski definition) is 1. The van der Waals surface area contributed by atoms with Crippen LogP contribution in [0.5, 0.6) is 0 Å². The Morgan fingerprint density at radius 3 is 2.53 bits per heavy atom. The van der Waals surface area contributed by atoms with Crippen molar-refractivity contribution in [2.24, 2.45) is 17.1 Å². The van der Waals surface area contributed by atoms with Crippen LogP contribution in [0, 0.1) is 11.3 Å². The van der Waals surface area contributed by atoms with Gasteiger partial charge >= 0.3 is 5.97 Å². The largest absolute Gasteiger partial charge is 0.469 e. The summed E-state index contributed by atoms with van der Waals surface area (Å²) >= 11 is 0. The highest BCUT2D eigenvalue weighted by molar-refractivity contribution is 5.75. The lowest BCUT2D eigenvalue weighted by Gasteiger charge is -2.52. The van der Waals surface area contributed by atoms with E-state index in [1.165, 1.54) is 7.11 Å². The highest BCUT2D eigenvalue weighted by Gasteiger charge is 2.62. The Bertz CT molecular complexity index is 280. The highest BCUT2D eigenvalue weighted by atomic mass is 16.5. The third-order valence-corrected chi connectivity index (χ3v) is 3.57. The lowest BCUT2D eigenvalue weighted by molar-refractivity contribution is -0.174. The average Bonchev–Trinajstić information content (AvgIpc) is 2.40. The van der Waals surface area contributed by atoms with Gasteiger partial charge in [0.1, 0.15) is 5.92 Å². The fourth-order valence-corrected chi connectivity index (χ4v) is 3.25. The van der Waals surface area contributed by atoms with E-state index in [1.54, 1.807) is 0 Å². The molecule has 0 radical (unpaired) electrons. The normalized spacial score (nSPS) is 36.3. The quantitative estimate of drug-likeness (QED) is 0.651. The minimum atomic E-state index is -0.337. The molecule has 2 fully saturated rings. The van der Waals surface area contributed by atoms with Gasteiger partial charge < -0.3 is 15.2 Å². The molecule has 1 aliphatic carbocycles. The summed E-state index contributed by atoms with van der Waals surface area (Å²) in [6.07, 6.45) is 1.79. The van der Waals surface area contributed by atoms with Gasteiger partial charge in [-0.25, -0.2) is 0 Å². The van der Waals surface area contributed by atoms with Gasteiger partial charge in [-0.15, -0.1) is 0 Å². The molecule has 0 aromatic heterocycles. The molecule has 1 spiro atoms. The van der Waals surface area contributed by atoms with Gasteiger partial charge in [0.05, 0.1) is 19.3 Å². The summed E-state index contributed by atoms with van der Waals surface area (Å²) in [6, 6.07) is -0.214. The van der Waals surface area contributed by atoms with Crippen LogP contribution in [0.2, 0.25) is 0 Å². The molecule has 15 heavy (non-hydrogen) atoms. The number of methoxy groups -OCH3 is 1. The lowest BCUT2D eigenvalue weighted by atomic mass is 9.56. The van der Waals surface area contributed by atoms with E-state index >= 15 is 0 Å². The van der Waals surface area contributed by atoms with Crippen molar-refractivity contribution in [1.29, 1.82) is 0 Å². The van der Waals surface area contributed by atoms with Gasteiger partial charge in [-0.1, -0.05) is 13.8 Å². The van der Waals surface area contributed by atoms with Crippen LogP contribution in [0.25, 0.3) is 0 Å². The lowest BCUT2D eigenvalue weighted by Crippen LogP contribution is -2.57. The predicted octanol–water partition coefficient (Wildman–Crippen LogP) is 0.692. The standard InChI is InChI=1S/C11H19NO3/c1-10(2)5-11(6-10)8(9(13)14-3)7(12)4-15-11/h7-8H,4-6,12H2,1-3H3. The maximum absolute atomic E-state index is 11.7. The van der Waals surface area contributed by atoms with Crippen LogP contribution in [0.3, 0.4) is 0 Å². The number of carbonyl (C=O) groups excluding carboxylic acids is 1. The van der Waals surface area contributed by atoms with Crippen molar-refractivity contribution in [3.8, 4) is 0 Å². The van der Waals surface area contributed by atoms with Crippen LogP contribution < -0.4 is 5.73 Å². The summed E-state index contributed by atoms with van der Waals surface area (Å²) in [5.74, 6) is -0.508. The second kappa shape index (κ2) is 3.19. The van der Waals surface area contributed by atoms with Crippen LogP contribution in [-0.2, 0) is 14.3 Å². The first-order valence-electron chi connectivity index (χ1n) is 5.38. The number of esters is 1. The Kier molecular flexibility index (Phi) is 2.32. The smallest absolute Gasteiger partial charge is 0.313 e. The molecule has 0 amide bonds. The van der Waals surface area contributed by atoms with E-state index in [0.29, 0.717) is 6.61 Å². The van der Waals surface area contributed by atoms with E-state index in [2.05, 4.69) is 13.8 Å². The number of rotatable bonds is 1. The molecular weight excluding hydrogens is 194 g/mol. The van der Waals surface area contributed by atoms with Crippen LogP contribution in [0.4, 0.5) is 0 Å². The van der Waals surface area contributed by atoms with E-state index < -0.39 is 0 Å². The third kappa shape index (κ3) is 1.56. The number of ether oxygens (including phenoxy) is 2. The van der Waals surface area contributed by atoms with Gasteiger partial charge in [0.15, 0.2) is 0 Å². The Labute approximate surface area is 90.1 Å². The summed E-state index contributed by atoms with van der Waals surface area (Å²) in [7, 11) is 1.41. The number of hydrogen-bond acceptors (Lipinski definition) is 4. The molecule has 1 saturated heterocycles. The minimum absolute atomic E-state index is 0.214. The van der Waals surface area contributed by atoms with Crippen molar-refractivity contribution in [1.82, 2.24) is 0 Å². The van der Waals surface area contributed by atoms with Crippen molar-refractivity contribution >= 4 is 5.97 Å². The van der Waals surface area contributed by atoms with Gasteiger partial charge in [0.25, 0.3) is 0 Å². The third-order valence-electron chi connectivity index (χ3n) is 3.57. The molecule has 1 heterocycles. The molecule has 2 unspecified atom stereocenters. The fraction of sp³-hybridized carbons (Fsp3) is 0.909. The van der Waals surface area contributed by atoms with Gasteiger partial charge in [0.2, 0.25) is 0 Å². The molecule has 0 bridgehead atoms. The first kappa shape index (κ1) is 10.9. The molecule has 2 rings (SSSR count). The zero-order chi connectivity index (χ0) is 11.3. The second-order valence-corrected chi connectivity index (χ2v) is 5.56. The van der Waals surface area contributed by atoms with E-state index in [-0.39, 0.29) is 28.9 Å². The van der Waals surface area contributed by atoms with Crippen molar-refractivity contribution in [2.75, 3.05) is 13.7 Å². The molecule has 0 aromatic rings. The van der Waals surface area contributed by atoms with Gasteiger partial charge in [-0.2, -0.15) is 0 Å². The topological polar surface area (TPSA) is 61.5 Å². The van der Waals surface area contributed by atoms with Gasteiger partial charge in [-0.05, 0) is 18.3 Å². The van der Waals surface area contributed by atoms with E-state index in [0.717, 1.165) is 12.8 Å². The molecule has 0 aromatic carbocycles. The molecule has 4 nitrogen and oxygen atoms in total. The van der Waals surface area contributed by atoms with Crippen LogP contribution in [0.1, 0.15) is 26.7 Å². The predicted molar refractivity (Wildman–Crippen MR) is 55.2 cm³/mol. The SMILES string of the molecule is COC(=O)C1C(N)COC12CC(C)(C)C2. The summed E-state index contributed by atoms with van der Waals surface area (Å²) in [6.45, 7) is 4.83. The van der Waals surface area contributed by atoms with Gasteiger partial charge in [-0.3, -0.25) is 4.79 Å². The maximum Gasteiger partial charge on any atom is 0.313 e. The Morgan fingerprint density at radius 1 is 1.47 bits per heavy atom. The van der Waals surface area contributed by atoms with Crippen molar-refractivity contribution in [2.45, 2.75) is 38.3 Å². The van der Waals surface area contributed by atoms with Crippen molar-refractivity contribution in [3.05, 3.63) is 0 Å². The van der Waals surface area contributed by atoms with Crippen molar-refractivity contribution in [3.63, 3.8) is 0 Å². The number of carbonyl (C=O) groups is 1. The molecule has 4 heteroatoms. The van der Waals surface area contributed by atoms with E-state index in [9.17, 15) is 4.79 Å². The molecule has 2 aliphatic rings. The van der Waals surface area contributed by atoms with Gasteiger partial charge in [0, 0.05) is 6.04 Å².